The smallest absolute Gasteiger partial charge is 0.238 e. The van der Waals surface area contributed by atoms with Gasteiger partial charge in [0.05, 0.1) is 10.9 Å². The molecule has 0 aliphatic heterocycles. The maximum absolute atomic E-state index is 11.7. The molecule has 106 valence electrons. The fourth-order valence-corrected chi connectivity index (χ4v) is 2.01. The summed E-state index contributed by atoms with van der Waals surface area (Å²) in [6, 6.07) is 5.85. The van der Waals surface area contributed by atoms with Crippen LogP contribution in [0.1, 0.15) is 25.5 Å². The van der Waals surface area contributed by atoms with Gasteiger partial charge in [-0.15, -0.1) is 0 Å². The Hall–Kier alpha value is -1.44. The molecule has 19 heavy (non-hydrogen) atoms. The predicted octanol–water partition coefficient (Wildman–Crippen LogP) is 0.106. The van der Waals surface area contributed by atoms with E-state index in [-0.39, 0.29) is 29.3 Å². The molecule has 7 heteroatoms. The van der Waals surface area contributed by atoms with Gasteiger partial charge in [-0.05, 0) is 24.6 Å². The van der Waals surface area contributed by atoms with Crippen molar-refractivity contribution in [3.63, 3.8) is 0 Å². The van der Waals surface area contributed by atoms with Crippen molar-refractivity contribution in [1.29, 1.82) is 0 Å². The molecule has 0 fully saturated rings. The number of carbonyl (C=O) groups is 1. The molecule has 0 saturated carbocycles. The molecule has 0 aliphatic rings. The summed E-state index contributed by atoms with van der Waals surface area (Å²) in [5, 5.41) is 7.82. The van der Waals surface area contributed by atoms with Gasteiger partial charge in [0.25, 0.3) is 0 Å². The Kier molecular flexibility index (Phi) is 5.04. The monoisotopic (exact) mass is 285 g/mol. The van der Waals surface area contributed by atoms with Gasteiger partial charge >= 0.3 is 0 Å². The summed E-state index contributed by atoms with van der Waals surface area (Å²) >= 11 is 0. The lowest BCUT2D eigenvalue weighted by Gasteiger charge is -2.17. The molecule has 2 unspecified atom stereocenters. The van der Waals surface area contributed by atoms with Gasteiger partial charge in [-0.2, -0.15) is 0 Å². The summed E-state index contributed by atoms with van der Waals surface area (Å²) in [6.07, 6.45) is 0. The van der Waals surface area contributed by atoms with Crippen molar-refractivity contribution >= 4 is 15.9 Å². The Bertz CT molecular complexity index is 540. The molecule has 5 N–H and O–H groups in total. The number of carbonyl (C=O) groups excluding carboxylic acids is 1. The highest BCUT2D eigenvalue weighted by Crippen LogP contribution is 2.15. The van der Waals surface area contributed by atoms with Crippen LogP contribution < -0.4 is 16.2 Å². The van der Waals surface area contributed by atoms with Gasteiger partial charge < -0.3 is 11.1 Å². The Morgan fingerprint density at radius 1 is 1.26 bits per heavy atom. The lowest BCUT2D eigenvalue weighted by atomic mass is 10.1. The van der Waals surface area contributed by atoms with Crippen LogP contribution in [0.25, 0.3) is 0 Å². The van der Waals surface area contributed by atoms with E-state index in [9.17, 15) is 13.2 Å². The van der Waals surface area contributed by atoms with Gasteiger partial charge in [0, 0.05) is 12.5 Å². The van der Waals surface area contributed by atoms with Crippen LogP contribution >= 0.6 is 0 Å². The van der Waals surface area contributed by atoms with Crippen molar-refractivity contribution < 1.29 is 13.2 Å². The minimum atomic E-state index is -3.69. The number of rotatable bonds is 5. The third-order valence-corrected chi connectivity index (χ3v) is 3.80. The van der Waals surface area contributed by atoms with E-state index in [2.05, 4.69) is 5.32 Å². The molecular formula is C12H19N3O3S. The maximum Gasteiger partial charge on any atom is 0.238 e. The van der Waals surface area contributed by atoms with E-state index in [1.54, 1.807) is 19.1 Å². The number of hydrogen-bond donors (Lipinski definition) is 3. The van der Waals surface area contributed by atoms with Crippen LogP contribution in [0.15, 0.2) is 29.2 Å². The average molecular weight is 285 g/mol. The lowest BCUT2D eigenvalue weighted by molar-refractivity contribution is -0.124. The molecule has 0 radical (unpaired) electrons. The Morgan fingerprint density at radius 3 is 2.21 bits per heavy atom. The van der Waals surface area contributed by atoms with Crippen LogP contribution in [0.4, 0.5) is 0 Å². The van der Waals surface area contributed by atoms with Gasteiger partial charge in [-0.1, -0.05) is 19.1 Å². The van der Waals surface area contributed by atoms with Crippen LogP contribution in [-0.4, -0.2) is 20.9 Å². The number of amides is 1. The quantitative estimate of drug-likeness (QED) is 0.711. The zero-order valence-electron chi connectivity index (χ0n) is 11.0. The van der Waals surface area contributed by atoms with E-state index in [0.29, 0.717) is 0 Å². The molecular weight excluding hydrogens is 266 g/mol. The molecule has 0 heterocycles. The van der Waals surface area contributed by atoms with Crippen molar-refractivity contribution in [2.45, 2.75) is 24.8 Å². The first-order valence-corrected chi connectivity index (χ1v) is 7.43. The molecule has 1 aromatic carbocycles. The zero-order valence-corrected chi connectivity index (χ0v) is 11.8. The normalized spacial score (nSPS) is 14.7. The van der Waals surface area contributed by atoms with Crippen LogP contribution in [0.2, 0.25) is 0 Å². The first-order valence-electron chi connectivity index (χ1n) is 5.89. The molecule has 1 rings (SSSR count). The van der Waals surface area contributed by atoms with E-state index in [1.165, 1.54) is 12.1 Å². The largest absolute Gasteiger partial charge is 0.349 e. The number of hydrogen-bond acceptors (Lipinski definition) is 4. The average Bonchev–Trinajstić information content (AvgIpc) is 2.36. The van der Waals surface area contributed by atoms with Gasteiger partial charge in [-0.25, -0.2) is 13.6 Å². The Balaban J connectivity index is 2.79. The summed E-state index contributed by atoms with van der Waals surface area (Å²) in [4.78, 5) is 11.7. The van der Waals surface area contributed by atoms with Crippen molar-refractivity contribution in [2.24, 2.45) is 16.8 Å². The number of benzene rings is 1. The predicted molar refractivity (Wildman–Crippen MR) is 72.6 cm³/mol. The third-order valence-electron chi connectivity index (χ3n) is 2.87. The highest BCUT2D eigenvalue weighted by molar-refractivity contribution is 7.89. The van der Waals surface area contributed by atoms with Crippen molar-refractivity contribution in [3.05, 3.63) is 29.8 Å². The number of sulfonamides is 1. The first-order chi connectivity index (χ1) is 8.75. The Labute approximate surface area is 113 Å². The first kappa shape index (κ1) is 15.6. The van der Waals surface area contributed by atoms with Gasteiger partial charge in [0.15, 0.2) is 0 Å². The molecule has 0 aromatic heterocycles. The maximum atomic E-state index is 11.7. The summed E-state index contributed by atoms with van der Waals surface area (Å²) in [5.74, 6) is -0.392. The fourth-order valence-electron chi connectivity index (χ4n) is 1.49. The second-order valence-electron chi connectivity index (χ2n) is 4.48. The molecule has 0 bridgehead atoms. The second-order valence-corrected chi connectivity index (χ2v) is 6.04. The summed E-state index contributed by atoms with van der Waals surface area (Å²) < 4.78 is 22.2. The lowest BCUT2D eigenvalue weighted by Crippen LogP contribution is -2.34. The van der Waals surface area contributed by atoms with Crippen LogP contribution in [0.5, 0.6) is 0 Å². The van der Waals surface area contributed by atoms with E-state index in [0.717, 1.165) is 5.56 Å². The van der Waals surface area contributed by atoms with Crippen molar-refractivity contribution in [2.75, 3.05) is 6.54 Å². The minimum Gasteiger partial charge on any atom is -0.349 e. The molecule has 1 amide bonds. The van der Waals surface area contributed by atoms with Gasteiger partial charge in [-0.3, -0.25) is 4.79 Å². The van der Waals surface area contributed by atoms with Gasteiger partial charge in [0.2, 0.25) is 15.9 Å². The summed E-state index contributed by atoms with van der Waals surface area (Å²) in [7, 11) is -3.69. The summed E-state index contributed by atoms with van der Waals surface area (Å²) in [6.45, 7) is 3.84. The van der Waals surface area contributed by atoms with Crippen molar-refractivity contribution in [1.82, 2.24) is 5.32 Å². The summed E-state index contributed by atoms with van der Waals surface area (Å²) in [5.41, 5.74) is 6.21. The van der Waals surface area contributed by atoms with E-state index >= 15 is 0 Å². The van der Waals surface area contributed by atoms with E-state index in [4.69, 9.17) is 10.9 Å². The molecule has 0 saturated heterocycles. The molecule has 6 nitrogen and oxygen atoms in total. The topological polar surface area (TPSA) is 115 Å². The molecule has 0 spiro atoms. The van der Waals surface area contributed by atoms with Crippen LogP contribution in [-0.2, 0) is 14.8 Å². The van der Waals surface area contributed by atoms with Crippen molar-refractivity contribution in [3.8, 4) is 0 Å². The number of nitrogens with two attached hydrogens (primary N) is 2. The fraction of sp³-hybridized carbons (Fsp3) is 0.417. The molecule has 2 atom stereocenters. The standard InChI is InChI=1S/C12H19N3O3S/c1-8(7-13)12(16)15-9(2)10-3-5-11(6-4-10)19(14,17)18/h3-6,8-9H,7,13H2,1-2H3,(H,15,16)(H2,14,17,18). The SMILES string of the molecule is CC(CN)C(=O)NC(C)c1ccc(S(N)(=O)=O)cc1. The molecule has 0 aliphatic carbocycles. The zero-order chi connectivity index (χ0) is 14.6. The number of primary sulfonamides is 1. The van der Waals surface area contributed by atoms with Crippen LogP contribution in [0, 0.1) is 5.92 Å². The Morgan fingerprint density at radius 2 is 1.79 bits per heavy atom. The van der Waals surface area contributed by atoms with Crippen LogP contribution in [0.3, 0.4) is 0 Å². The third kappa shape index (κ3) is 4.30. The van der Waals surface area contributed by atoms with E-state index in [1.807, 2.05) is 6.92 Å². The van der Waals surface area contributed by atoms with Gasteiger partial charge in [0.1, 0.15) is 0 Å². The second kappa shape index (κ2) is 6.14. The number of nitrogens with one attached hydrogen (secondary N) is 1. The van der Waals surface area contributed by atoms with E-state index < -0.39 is 10.0 Å². The highest BCUT2D eigenvalue weighted by atomic mass is 32.2. The molecule has 1 aromatic rings. The minimum absolute atomic E-state index is 0.0464. The highest BCUT2D eigenvalue weighted by Gasteiger charge is 2.15.